The van der Waals surface area contributed by atoms with E-state index in [-0.39, 0.29) is 0 Å². The Morgan fingerprint density at radius 2 is 0.939 bits per heavy atom. The van der Waals surface area contributed by atoms with Crippen molar-refractivity contribution >= 4 is 22.1 Å². The van der Waals surface area contributed by atoms with E-state index in [2.05, 4.69) is 109 Å². The summed E-state index contributed by atoms with van der Waals surface area (Å²) in [5, 5.41) is 2.55. The Morgan fingerprint density at radius 3 is 1.64 bits per heavy atom. The predicted octanol–water partition coefficient (Wildman–Crippen LogP) is 8.96. The number of hydrogen-bond donors (Lipinski definition) is 0. The van der Waals surface area contributed by atoms with Gasteiger partial charge in [0.1, 0.15) is 0 Å². The number of aromatic nitrogens is 1. The van der Waals surface area contributed by atoms with Crippen molar-refractivity contribution < 1.29 is 0 Å². The SMILES string of the molecule is c1ccc(-c2ccccc2-c2sc(-c3cccnc3-c3ccccc3)c3ccccc23)cc1. The molecule has 0 amide bonds. The van der Waals surface area contributed by atoms with Gasteiger partial charge in [-0.1, -0.05) is 109 Å². The third-order valence-corrected chi connectivity index (χ3v) is 7.26. The second-order valence-electron chi connectivity index (χ2n) is 7.98. The average molecular weight is 440 g/mol. The average Bonchev–Trinajstić information content (AvgIpc) is 3.29. The van der Waals surface area contributed by atoms with E-state index in [1.165, 1.54) is 42.8 Å². The van der Waals surface area contributed by atoms with Crippen LogP contribution >= 0.6 is 11.3 Å². The fourth-order valence-corrected chi connectivity index (χ4v) is 5.80. The molecule has 6 aromatic rings. The fourth-order valence-electron chi connectivity index (χ4n) is 4.46. The summed E-state index contributed by atoms with van der Waals surface area (Å²) in [4.78, 5) is 7.34. The molecule has 2 heteroatoms. The summed E-state index contributed by atoms with van der Waals surface area (Å²) < 4.78 is 0. The van der Waals surface area contributed by atoms with Crippen molar-refractivity contribution in [3.05, 3.63) is 128 Å². The summed E-state index contributed by atoms with van der Waals surface area (Å²) in [6.45, 7) is 0. The number of hydrogen-bond acceptors (Lipinski definition) is 2. The summed E-state index contributed by atoms with van der Waals surface area (Å²) in [5.41, 5.74) is 7.09. The molecule has 33 heavy (non-hydrogen) atoms. The van der Waals surface area contributed by atoms with Crippen LogP contribution in [0, 0.1) is 0 Å². The first kappa shape index (κ1) is 19.7. The van der Waals surface area contributed by atoms with Crippen LogP contribution in [0.5, 0.6) is 0 Å². The lowest BCUT2D eigenvalue weighted by Crippen LogP contribution is -1.87. The van der Waals surface area contributed by atoms with Gasteiger partial charge in [0, 0.05) is 43.4 Å². The zero-order valence-corrected chi connectivity index (χ0v) is 18.8. The van der Waals surface area contributed by atoms with Crippen molar-refractivity contribution in [2.45, 2.75) is 0 Å². The monoisotopic (exact) mass is 439 g/mol. The van der Waals surface area contributed by atoms with E-state index in [0.29, 0.717) is 0 Å². The van der Waals surface area contributed by atoms with E-state index >= 15 is 0 Å². The lowest BCUT2D eigenvalue weighted by atomic mass is 9.96. The minimum Gasteiger partial charge on any atom is -0.256 e. The number of nitrogens with zero attached hydrogens (tertiary/aromatic N) is 1. The largest absolute Gasteiger partial charge is 0.256 e. The van der Waals surface area contributed by atoms with Gasteiger partial charge >= 0.3 is 0 Å². The third kappa shape index (κ3) is 3.55. The Bertz CT molecular complexity index is 1430. The molecule has 156 valence electrons. The molecule has 0 saturated heterocycles. The van der Waals surface area contributed by atoms with Crippen molar-refractivity contribution in [2.24, 2.45) is 0 Å². The highest BCUT2D eigenvalue weighted by molar-refractivity contribution is 7.21. The molecule has 2 heterocycles. The van der Waals surface area contributed by atoms with Crippen LogP contribution in [-0.2, 0) is 0 Å². The van der Waals surface area contributed by atoms with E-state index in [4.69, 9.17) is 4.98 Å². The molecular formula is C31H21NS. The van der Waals surface area contributed by atoms with E-state index in [0.717, 1.165) is 11.3 Å². The van der Waals surface area contributed by atoms with Gasteiger partial charge in [-0.05, 0) is 23.3 Å². The topological polar surface area (TPSA) is 12.9 Å². The fraction of sp³-hybridized carbons (Fsp3) is 0. The maximum absolute atomic E-state index is 4.79. The quantitative estimate of drug-likeness (QED) is 0.267. The molecule has 0 N–H and O–H groups in total. The van der Waals surface area contributed by atoms with Crippen molar-refractivity contribution in [3.8, 4) is 43.3 Å². The van der Waals surface area contributed by atoms with Gasteiger partial charge in [-0.2, -0.15) is 0 Å². The first-order valence-electron chi connectivity index (χ1n) is 11.1. The van der Waals surface area contributed by atoms with Crippen LogP contribution in [0.2, 0.25) is 0 Å². The number of benzene rings is 4. The molecule has 0 bridgehead atoms. The van der Waals surface area contributed by atoms with Crippen molar-refractivity contribution in [3.63, 3.8) is 0 Å². The van der Waals surface area contributed by atoms with E-state index in [1.54, 1.807) is 0 Å². The van der Waals surface area contributed by atoms with E-state index < -0.39 is 0 Å². The molecule has 0 saturated carbocycles. The van der Waals surface area contributed by atoms with Crippen molar-refractivity contribution in [2.75, 3.05) is 0 Å². The second-order valence-corrected chi connectivity index (χ2v) is 9.00. The maximum atomic E-state index is 4.79. The highest BCUT2D eigenvalue weighted by atomic mass is 32.1. The number of rotatable bonds is 4. The van der Waals surface area contributed by atoms with Gasteiger partial charge in [-0.3, -0.25) is 4.98 Å². The molecule has 0 aliphatic carbocycles. The molecule has 6 rings (SSSR count). The molecule has 2 aromatic heterocycles. The smallest absolute Gasteiger partial charge is 0.0788 e. The Labute approximate surface area is 197 Å². The van der Waals surface area contributed by atoms with Crippen LogP contribution in [-0.4, -0.2) is 4.98 Å². The summed E-state index contributed by atoms with van der Waals surface area (Å²) in [7, 11) is 0. The van der Waals surface area contributed by atoms with Gasteiger partial charge in [0.15, 0.2) is 0 Å². The molecule has 0 aliphatic rings. The molecule has 0 unspecified atom stereocenters. The van der Waals surface area contributed by atoms with Gasteiger partial charge < -0.3 is 0 Å². The third-order valence-electron chi connectivity index (χ3n) is 5.98. The van der Waals surface area contributed by atoms with Crippen LogP contribution in [0.15, 0.2) is 128 Å². The Balaban J connectivity index is 1.61. The second kappa shape index (κ2) is 8.50. The maximum Gasteiger partial charge on any atom is 0.0788 e. The van der Waals surface area contributed by atoms with Gasteiger partial charge in [0.05, 0.1) is 5.69 Å². The first-order chi connectivity index (χ1) is 16.4. The zero-order chi connectivity index (χ0) is 22.0. The molecule has 0 fully saturated rings. The summed E-state index contributed by atoms with van der Waals surface area (Å²) in [6, 6.07) is 42.8. The molecule has 0 aliphatic heterocycles. The van der Waals surface area contributed by atoms with Crippen LogP contribution in [0.4, 0.5) is 0 Å². The lowest BCUT2D eigenvalue weighted by Gasteiger charge is -2.09. The van der Waals surface area contributed by atoms with Gasteiger partial charge in [-0.25, -0.2) is 0 Å². The molecule has 4 aromatic carbocycles. The molecular weight excluding hydrogens is 418 g/mol. The van der Waals surface area contributed by atoms with Gasteiger partial charge in [0.25, 0.3) is 0 Å². The van der Waals surface area contributed by atoms with Crippen molar-refractivity contribution in [1.29, 1.82) is 0 Å². The standard InChI is InChI=1S/C31H21NS/c1-3-12-22(13-4-1)24-16-7-8-17-25(24)30-26-18-9-10-19-27(26)31(33-30)28-20-11-21-32-29(28)23-14-5-2-6-15-23/h1-21H. The summed E-state index contributed by atoms with van der Waals surface area (Å²) >= 11 is 1.86. The Hall–Kier alpha value is -4.01. The number of fused-ring (bicyclic) bond motifs is 1. The van der Waals surface area contributed by atoms with Gasteiger partial charge in [0.2, 0.25) is 0 Å². The predicted molar refractivity (Wildman–Crippen MR) is 141 cm³/mol. The molecule has 0 spiro atoms. The highest BCUT2D eigenvalue weighted by Gasteiger charge is 2.19. The molecule has 1 nitrogen and oxygen atoms in total. The van der Waals surface area contributed by atoms with Crippen LogP contribution < -0.4 is 0 Å². The zero-order valence-electron chi connectivity index (χ0n) is 18.0. The number of thiophene rings is 1. The van der Waals surface area contributed by atoms with Crippen LogP contribution in [0.1, 0.15) is 0 Å². The minimum absolute atomic E-state index is 1.02. The summed E-state index contributed by atoms with van der Waals surface area (Å²) in [6.07, 6.45) is 1.88. The Morgan fingerprint density at radius 1 is 0.424 bits per heavy atom. The first-order valence-corrected chi connectivity index (χ1v) is 11.9. The Kier molecular flexibility index (Phi) is 5.06. The minimum atomic E-state index is 1.02. The van der Waals surface area contributed by atoms with E-state index in [1.807, 2.05) is 29.7 Å². The van der Waals surface area contributed by atoms with Crippen molar-refractivity contribution in [1.82, 2.24) is 4.98 Å². The van der Waals surface area contributed by atoms with E-state index in [9.17, 15) is 0 Å². The highest BCUT2D eigenvalue weighted by Crippen LogP contribution is 2.48. The lowest BCUT2D eigenvalue weighted by molar-refractivity contribution is 1.33. The normalized spacial score (nSPS) is 11.0. The number of pyridine rings is 1. The summed E-state index contributed by atoms with van der Waals surface area (Å²) in [5.74, 6) is 0. The van der Waals surface area contributed by atoms with Crippen LogP contribution in [0.3, 0.4) is 0 Å². The van der Waals surface area contributed by atoms with Gasteiger partial charge in [-0.15, -0.1) is 11.3 Å². The molecule has 0 atom stereocenters. The van der Waals surface area contributed by atoms with Crippen LogP contribution in [0.25, 0.3) is 54.0 Å². The molecule has 0 radical (unpaired) electrons.